The van der Waals surface area contributed by atoms with Gasteiger partial charge >= 0.3 is 0 Å². The van der Waals surface area contributed by atoms with Crippen LogP contribution < -0.4 is 4.74 Å². The molecule has 0 aromatic heterocycles. The quantitative estimate of drug-likeness (QED) is 0.181. The third-order valence-corrected chi connectivity index (χ3v) is 11.7. The zero-order valence-electron chi connectivity index (χ0n) is 29.0. The summed E-state index contributed by atoms with van der Waals surface area (Å²) < 4.78 is 6.70. The third-order valence-electron chi connectivity index (χ3n) is 11.7. The molecule has 1 heteroatoms. The fourth-order valence-corrected chi connectivity index (χ4v) is 9.41. The van der Waals surface area contributed by atoms with Gasteiger partial charge in [0.15, 0.2) is 0 Å². The van der Waals surface area contributed by atoms with E-state index in [1.165, 1.54) is 82.7 Å². The Balaban J connectivity index is 1.10. The van der Waals surface area contributed by atoms with Crippen molar-refractivity contribution in [3.8, 4) is 33.8 Å². The molecule has 1 aliphatic heterocycles. The fourth-order valence-electron chi connectivity index (χ4n) is 9.41. The molecular formula is C52H34O. The fraction of sp³-hybridized carbons (Fsp3) is 0.0385. The average Bonchev–Trinajstić information content (AvgIpc) is 3.54. The van der Waals surface area contributed by atoms with Crippen molar-refractivity contribution in [2.24, 2.45) is 0 Å². The number of benzene rings is 9. The first-order valence-corrected chi connectivity index (χ1v) is 18.5. The molecule has 53 heavy (non-hydrogen) atoms. The van der Waals surface area contributed by atoms with Crippen molar-refractivity contribution in [3.63, 3.8) is 0 Å². The van der Waals surface area contributed by atoms with E-state index < -0.39 is 5.41 Å². The lowest BCUT2D eigenvalue weighted by molar-refractivity contribution is 0.456. The molecule has 11 rings (SSSR count). The van der Waals surface area contributed by atoms with E-state index in [1.807, 2.05) is 0 Å². The number of hydrogen-bond acceptors (Lipinski definition) is 1. The highest BCUT2D eigenvalue weighted by molar-refractivity contribution is 5.95. The summed E-state index contributed by atoms with van der Waals surface area (Å²) in [7, 11) is 0. The van der Waals surface area contributed by atoms with Crippen molar-refractivity contribution < 1.29 is 4.74 Å². The van der Waals surface area contributed by atoms with E-state index in [4.69, 9.17) is 4.74 Å². The summed E-state index contributed by atoms with van der Waals surface area (Å²) in [5, 5.41) is 4.90. The Hall–Kier alpha value is -6.70. The molecule has 0 spiro atoms. The first-order chi connectivity index (χ1) is 26.3. The molecule has 0 atom stereocenters. The summed E-state index contributed by atoms with van der Waals surface area (Å²) in [5.74, 6) is 1.87. The van der Waals surface area contributed by atoms with Gasteiger partial charge in [-0.1, -0.05) is 182 Å². The summed E-state index contributed by atoms with van der Waals surface area (Å²) in [6.45, 7) is 0. The van der Waals surface area contributed by atoms with Crippen LogP contribution in [0.4, 0.5) is 0 Å². The van der Waals surface area contributed by atoms with Crippen LogP contribution in [0.25, 0.3) is 43.8 Å². The van der Waals surface area contributed by atoms with E-state index in [0.29, 0.717) is 0 Å². The van der Waals surface area contributed by atoms with E-state index in [2.05, 4.69) is 200 Å². The molecule has 0 fully saturated rings. The van der Waals surface area contributed by atoms with E-state index in [0.717, 1.165) is 11.5 Å². The van der Waals surface area contributed by atoms with E-state index >= 15 is 0 Å². The summed E-state index contributed by atoms with van der Waals surface area (Å²) in [4.78, 5) is 0. The average molecular weight is 675 g/mol. The molecule has 248 valence electrons. The lowest BCUT2D eigenvalue weighted by Gasteiger charge is -2.34. The molecule has 0 radical (unpaired) electrons. The Bertz CT molecular complexity index is 2730. The minimum atomic E-state index is -0.429. The largest absolute Gasteiger partial charge is 0.457 e. The van der Waals surface area contributed by atoms with Crippen LogP contribution in [0.3, 0.4) is 0 Å². The second-order valence-corrected chi connectivity index (χ2v) is 14.3. The lowest BCUT2D eigenvalue weighted by Crippen LogP contribution is -2.28. The zero-order valence-corrected chi connectivity index (χ0v) is 29.0. The molecule has 9 aromatic carbocycles. The number of hydrogen-bond donors (Lipinski definition) is 0. The van der Waals surface area contributed by atoms with Crippen molar-refractivity contribution >= 4 is 21.5 Å². The van der Waals surface area contributed by atoms with E-state index in [9.17, 15) is 0 Å². The molecule has 0 unspecified atom stereocenters. The molecule has 2 aliphatic rings. The summed E-state index contributed by atoms with van der Waals surface area (Å²) in [6, 6.07) is 73.4. The Kier molecular flexibility index (Phi) is 6.60. The van der Waals surface area contributed by atoms with Gasteiger partial charge in [0.2, 0.25) is 0 Å². The minimum Gasteiger partial charge on any atom is -0.457 e. The van der Waals surface area contributed by atoms with Gasteiger partial charge in [-0.2, -0.15) is 0 Å². The van der Waals surface area contributed by atoms with E-state index in [1.54, 1.807) is 0 Å². The SMILES string of the molecule is c1ccc(C2(c3ccccc3)c3ccccc3-c3ccc(-c4ccc(C5c6c(ccc7ccccc67)Oc6ccc7ccccc7c65)cc4)cc32)cc1. The van der Waals surface area contributed by atoms with Crippen LogP contribution in [0, 0.1) is 0 Å². The van der Waals surface area contributed by atoms with Crippen LogP contribution in [-0.2, 0) is 5.41 Å². The molecule has 0 bridgehead atoms. The number of fused-ring (bicyclic) bond motifs is 9. The van der Waals surface area contributed by atoms with Gasteiger partial charge in [0.25, 0.3) is 0 Å². The third kappa shape index (κ3) is 4.38. The van der Waals surface area contributed by atoms with Gasteiger partial charge in [0.1, 0.15) is 11.5 Å². The molecular weight excluding hydrogens is 641 g/mol. The highest BCUT2D eigenvalue weighted by atomic mass is 16.5. The number of ether oxygens (including phenoxy) is 1. The first-order valence-electron chi connectivity index (χ1n) is 18.5. The maximum Gasteiger partial charge on any atom is 0.132 e. The normalized spacial score (nSPS) is 13.9. The lowest BCUT2D eigenvalue weighted by atomic mass is 9.67. The number of rotatable bonds is 4. The maximum atomic E-state index is 6.70. The molecule has 1 heterocycles. The van der Waals surface area contributed by atoms with Gasteiger partial charge in [0, 0.05) is 17.0 Å². The molecule has 0 saturated heterocycles. The summed E-state index contributed by atoms with van der Waals surface area (Å²) >= 11 is 0. The molecule has 1 aliphatic carbocycles. The van der Waals surface area contributed by atoms with Crippen LogP contribution in [0.5, 0.6) is 11.5 Å². The van der Waals surface area contributed by atoms with E-state index in [-0.39, 0.29) is 5.92 Å². The predicted octanol–water partition coefficient (Wildman–Crippen LogP) is 13.3. The van der Waals surface area contributed by atoms with Gasteiger partial charge in [-0.3, -0.25) is 0 Å². The van der Waals surface area contributed by atoms with Gasteiger partial charge in [-0.15, -0.1) is 0 Å². The van der Waals surface area contributed by atoms with Crippen molar-refractivity contribution in [1.29, 1.82) is 0 Å². The van der Waals surface area contributed by atoms with Gasteiger partial charge in [-0.05, 0) is 89.8 Å². The van der Waals surface area contributed by atoms with Crippen LogP contribution in [0.2, 0.25) is 0 Å². The second-order valence-electron chi connectivity index (χ2n) is 14.3. The molecule has 0 N–H and O–H groups in total. The molecule has 9 aromatic rings. The van der Waals surface area contributed by atoms with Crippen LogP contribution >= 0.6 is 0 Å². The van der Waals surface area contributed by atoms with Crippen LogP contribution in [0.15, 0.2) is 200 Å². The Morgan fingerprint density at radius 2 is 0.887 bits per heavy atom. The smallest absolute Gasteiger partial charge is 0.132 e. The Labute approximate surface area is 309 Å². The Morgan fingerprint density at radius 3 is 1.51 bits per heavy atom. The summed E-state index contributed by atoms with van der Waals surface area (Å²) in [5.41, 5.74) is 13.5. The monoisotopic (exact) mass is 674 g/mol. The first kappa shape index (κ1) is 30.0. The van der Waals surface area contributed by atoms with Crippen molar-refractivity contribution in [1.82, 2.24) is 0 Å². The van der Waals surface area contributed by atoms with Gasteiger partial charge in [-0.25, -0.2) is 0 Å². The predicted molar refractivity (Wildman–Crippen MR) is 218 cm³/mol. The standard InChI is InChI=1S/C52H34O/c1-3-15-39(16-4-1)52(40-17-5-2-6-18-40)45-22-12-11-21-43(45)44-30-27-38(33-46(44)52)34-23-25-37(26-24-34)49-50-41-19-9-7-13-35(41)28-31-47(50)53-48-32-29-36-14-8-10-20-42(36)51(48)49/h1-33,49H. The van der Waals surface area contributed by atoms with Gasteiger partial charge in [0.05, 0.1) is 5.41 Å². The van der Waals surface area contributed by atoms with Crippen molar-refractivity contribution in [2.75, 3.05) is 0 Å². The maximum absolute atomic E-state index is 6.70. The topological polar surface area (TPSA) is 9.23 Å². The zero-order chi connectivity index (χ0) is 34.9. The van der Waals surface area contributed by atoms with Crippen molar-refractivity contribution in [3.05, 3.63) is 239 Å². The van der Waals surface area contributed by atoms with Gasteiger partial charge < -0.3 is 4.74 Å². The molecule has 1 nitrogen and oxygen atoms in total. The highest BCUT2D eigenvalue weighted by Crippen LogP contribution is 2.57. The second kappa shape index (κ2) is 11.7. The summed E-state index contributed by atoms with van der Waals surface area (Å²) in [6.07, 6.45) is 0. The highest BCUT2D eigenvalue weighted by Gasteiger charge is 2.46. The van der Waals surface area contributed by atoms with Crippen LogP contribution in [-0.4, -0.2) is 0 Å². The molecule has 0 amide bonds. The Morgan fingerprint density at radius 1 is 0.377 bits per heavy atom. The molecule has 0 saturated carbocycles. The van der Waals surface area contributed by atoms with Crippen LogP contribution in [0.1, 0.15) is 44.9 Å². The van der Waals surface area contributed by atoms with Crippen molar-refractivity contribution in [2.45, 2.75) is 11.3 Å². The minimum absolute atomic E-state index is 0.0123.